The Hall–Kier alpha value is -2.99. The molecule has 1 aromatic carbocycles. The van der Waals surface area contributed by atoms with Crippen molar-refractivity contribution in [3.63, 3.8) is 0 Å². The van der Waals surface area contributed by atoms with Crippen molar-refractivity contribution in [1.82, 2.24) is 14.8 Å². The van der Waals surface area contributed by atoms with E-state index in [9.17, 15) is 9.59 Å². The SMILES string of the molecule is Cc1ccc2c(=O)cc(C(=O)N3CCN(Cc4ccncc4)CC3)oc2c1. The summed E-state index contributed by atoms with van der Waals surface area (Å²) in [6.07, 6.45) is 3.58. The Kier molecular flexibility index (Phi) is 4.73. The third kappa shape index (κ3) is 3.75. The van der Waals surface area contributed by atoms with Gasteiger partial charge in [0.2, 0.25) is 0 Å². The van der Waals surface area contributed by atoms with Gasteiger partial charge in [-0.1, -0.05) is 6.07 Å². The summed E-state index contributed by atoms with van der Waals surface area (Å²) in [5.41, 5.74) is 2.47. The molecule has 0 atom stereocenters. The van der Waals surface area contributed by atoms with E-state index in [-0.39, 0.29) is 17.1 Å². The third-order valence-electron chi connectivity index (χ3n) is 4.91. The van der Waals surface area contributed by atoms with Gasteiger partial charge in [-0.15, -0.1) is 0 Å². The fraction of sp³-hybridized carbons (Fsp3) is 0.286. The van der Waals surface area contributed by atoms with Crippen LogP contribution in [-0.2, 0) is 6.54 Å². The van der Waals surface area contributed by atoms with Crippen molar-refractivity contribution < 1.29 is 9.21 Å². The molecule has 0 bridgehead atoms. The minimum absolute atomic E-state index is 0.112. The molecule has 0 saturated carbocycles. The van der Waals surface area contributed by atoms with Crippen molar-refractivity contribution in [1.29, 1.82) is 0 Å². The highest BCUT2D eigenvalue weighted by molar-refractivity contribution is 5.93. The predicted molar refractivity (Wildman–Crippen MR) is 103 cm³/mol. The second-order valence-electron chi connectivity index (χ2n) is 6.90. The Morgan fingerprint density at radius 1 is 1.07 bits per heavy atom. The summed E-state index contributed by atoms with van der Waals surface area (Å²) >= 11 is 0. The molecule has 2 aromatic heterocycles. The molecule has 1 fully saturated rings. The maximum absolute atomic E-state index is 12.8. The Balaban J connectivity index is 1.46. The lowest BCUT2D eigenvalue weighted by molar-refractivity contribution is 0.0598. The van der Waals surface area contributed by atoms with Gasteiger partial charge in [0, 0.05) is 51.2 Å². The standard InChI is InChI=1S/C21H21N3O3/c1-15-2-3-17-18(25)13-20(27-19(17)12-15)21(26)24-10-8-23(9-11-24)14-16-4-6-22-7-5-16/h2-7,12-13H,8-11,14H2,1H3. The second-order valence-corrected chi connectivity index (χ2v) is 6.90. The molecule has 0 spiro atoms. The zero-order chi connectivity index (χ0) is 18.8. The zero-order valence-electron chi connectivity index (χ0n) is 15.2. The van der Waals surface area contributed by atoms with E-state index in [1.54, 1.807) is 29.4 Å². The molecule has 6 nitrogen and oxygen atoms in total. The minimum atomic E-state index is -0.223. The first kappa shape index (κ1) is 17.4. The molecular formula is C21H21N3O3. The maximum Gasteiger partial charge on any atom is 0.289 e. The molecule has 1 aliphatic heterocycles. The van der Waals surface area contributed by atoms with Gasteiger partial charge in [0.05, 0.1) is 5.39 Å². The van der Waals surface area contributed by atoms with Crippen LogP contribution in [0.2, 0.25) is 0 Å². The van der Waals surface area contributed by atoms with Gasteiger partial charge in [-0.05, 0) is 42.3 Å². The van der Waals surface area contributed by atoms with Gasteiger partial charge in [-0.3, -0.25) is 19.5 Å². The number of piperazine rings is 1. The first-order chi connectivity index (χ1) is 13.1. The molecule has 3 heterocycles. The van der Waals surface area contributed by atoms with Crippen molar-refractivity contribution in [2.45, 2.75) is 13.5 Å². The molecule has 138 valence electrons. The molecule has 1 amide bonds. The van der Waals surface area contributed by atoms with Gasteiger partial charge in [-0.25, -0.2) is 0 Å². The number of benzene rings is 1. The number of hydrogen-bond acceptors (Lipinski definition) is 5. The number of rotatable bonds is 3. The van der Waals surface area contributed by atoms with Crippen LogP contribution >= 0.6 is 0 Å². The van der Waals surface area contributed by atoms with E-state index in [1.807, 2.05) is 25.1 Å². The van der Waals surface area contributed by atoms with E-state index < -0.39 is 0 Å². The Bertz CT molecular complexity index is 1020. The van der Waals surface area contributed by atoms with E-state index in [0.29, 0.717) is 24.1 Å². The highest BCUT2D eigenvalue weighted by Crippen LogP contribution is 2.17. The van der Waals surface area contributed by atoms with E-state index >= 15 is 0 Å². The van der Waals surface area contributed by atoms with E-state index in [1.165, 1.54) is 11.6 Å². The van der Waals surface area contributed by atoms with Gasteiger partial charge < -0.3 is 9.32 Å². The summed E-state index contributed by atoms with van der Waals surface area (Å²) in [5.74, 6) is -0.111. The number of nitrogens with zero attached hydrogens (tertiary/aromatic N) is 3. The van der Waals surface area contributed by atoms with Crippen LogP contribution in [0.3, 0.4) is 0 Å². The number of pyridine rings is 1. The van der Waals surface area contributed by atoms with E-state index in [2.05, 4.69) is 9.88 Å². The van der Waals surface area contributed by atoms with Gasteiger partial charge in [0.1, 0.15) is 5.58 Å². The molecule has 0 unspecified atom stereocenters. The molecule has 0 N–H and O–H groups in total. The van der Waals surface area contributed by atoms with Crippen LogP contribution in [0, 0.1) is 6.92 Å². The summed E-state index contributed by atoms with van der Waals surface area (Å²) in [5, 5.41) is 0.499. The lowest BCUT2D eigenvalue weighted by atomic mass is 10.1. The van der Waals surface area contributed by atoms with Crippen molar-refractivity contribution in [3.05, 3.63) is 75.9 Å². The summed E-state index contributed by atoms with van der Waals surface area (Å²) < 4.78 is 5.75. The van der Waals surface area contributed by atoms with Crippen molar-refractivity contribution in [2.75, 3.05) is 26.2 Å². The lowest BCUT2D eigenvalue weighted by Crippen LogP contribution is -2.48. The third-order valence-corrected chi connectivity index (χ3v) is 4.91. The van der Waals surface area contributed by atoms with Crippen molar-refractivity contribution in [2.24, 2.45) is 0 Å². The number of carbonyl (C=O) groups excluding carboxylic acids is 1. The first-order valence-corrected chi connectivity index (χ1v) is 9.05. The molecule has 3 aromatic rings. The van der Waals surface area contributed by atoms with Gasteiger partial charge in [0.25, 0.3) is 5.91 Å². The molecular weight excluding hydrogens is 342 g/mol. The van der Waals surface area contributed by atoms with Crippen LogP contribution in [0.4, 0.5) is 0 Å². The van der Waals surface area contributed by atoms with Crippen LogP contribution in [-0.4, -0.2) is 46.9 Å². The predicted octanol–water partition coefficient (Wildman–Crippen LogP) is 2.45. The zero-order valence-corrected chi connectivity index (χ0v) is 15.2. The summed E-state index contributed by atoms with van der Waals surface area (Å²) in [6.45, 7) is 5.56. The number of aryl methyl sites for hydroxylation is 1. The van der Waals surface area contributed by atoms with Gasteiger partial charge >= 0.3 is 0 Å². The van der Waals surface area contributed by atoms with Crippen molar-refractivity contribution in [3.8, 4) is 0 Å². The van der Waals surface area contributed by atoms with Crippen LogP contribution in [0.15, 0.2) is 58.0 Å². The fourth-order valence-electron chi connectivity index (χ4n) is 3.38. The van der Waals surface area contributed by atoms with Gasteiger partial charge in [-0.2, -0.15) is 0 Å². The quantitative estimate of drug-likeness (QED) is 0.715. The van der Waals surface area contributed by atoms with Crippen LogP contribution in [0.25, 0.3) is 11.0 Å². The van der Waals surface area contributed by atoms with Crippen LogP contribution in [0.1, 0.15) is 21.7 Å². The summed E-state index contributed by atoms with van der Waals surface area (Å²) in [6, 6.07) is 10.7. The molecule has 1 saturated heterocycles. The average molecular weight is 363 g/mol. The monoisotopic (exact) mass is 363 g/mol. The van der Waals surface area contributed by atoms with Gasteiger partial charge in [0.15, 0.2) is 11.2 Å². The topological polar surface area (TPSA) is 66.7 Å². The minimum Gasteiger partial charge on any atom is -0.451 e. The maximum atomic E-state index is 12.8. The molecule has 0 aliphatic carbocycles. The largest absolute Gasteiger partial charge is 0.451 e. The number of carbonyl (C=O) groups is 1. The number of hydrogen-bond donors (Lipinski definition) is 0. The molecule has 4 rings (SSSR count). The summed E-state index contributed by atoms with van der Waals surface area (Å²) in [7, 11) is 0. The Labute approximate surface area is 157 Å². The second kappa shape index (κ2) is 7.32. The smallest absolute Gasteiger partial charge is 0.289 e. The Morgan fingerprint density at radius 2 is 1.81 bits per heavy atom. The van der Waals surface area contributed by atoms with E-state index in [0.717, 1.165) is 25.2 Å². The number of aromatic nitrogens is 1. The average Bonchev–Trinajstić information content (AvgIpc) is 2.68. The highest BCUT2D eigenvalue weighted by Gasteiger charge is 2.24. The fourth-order valence-corrected chi connectivity index (χ4v) is 3.38. The molecule has 27 heavy (non-hydrogen) atoms. The highest BCUT2D eigenvalue weighted by atomic mass is 16.3. The summed E-state index contributed by atoms with van der Waals surface area (Å²) in [4.78, 5) is 33.2. The molecule has 1 aliphatic rings. The lowest BCUT2D eigenvalue weighted by Gasteiger charge is -2.34. The molecule has 0 radical (unpaired) electrons. The number of amides is 1. The van der Waals surface area contributed by atoms with Crippen LogP contribution < -0.4 is 5.43 Å². The van der Waals surface area contributed by atoms with Crippen molar-refractivity contribution >= 4 is 16.9 Å². The normalized spacial score (nSPS) is 15.2. The van der Waals surface area contributed by atoms with Crippen LogP contribution in [0.5, 0.6) is 0 Å². The first-order valence-electron chi connectivity index (χ1n) is 9.05. The van der Waals surface area contributed by atoms with E-state index in [4.69, 9.17) is 4.42 Å². The molecule has 6 heteroatoms. The Morgan fingerprint density at radius 3 is 2.56 bits per heavy atom. The number of fused-ring (bicyclic) bond motifs is 1.